The molecule has 0 aliphatic heterocycles. The van der Waals surface area contributed by atoms with Gasteiger partial charge in [0.25, 0.3) is 5.56 Å². The maximum atomic E-state index is 11.8. The minimum absolute atomic E-state index is 0.271. The summed E-state index contributed by atoms with van der Waals surface area (Å²) in [5.41, 5.74) is -0.278. The number of fused-ring (bicyclic) bond motifs is 1. The molecule has 18 heavy (non-hydrogen) atoms. The molecular weight excluding hydrogens is 236 g/mol. The molecule has 2 N–H and O–H groups in total. The largest absolute Gasteiger partial charge is 0.388 e. The molecule has 0 amide bonds. The van der Waals surface area contributed by atoms with Crippen molar-refractivity contribution in [1.82, 2.24) is 19.1 Å². The Balaban J connectivity index is 2.77. The van der Waals surface area contributed by atoms with Crippen LogP contribution >= 0.6 is 0 Å². The maximum absolute atomic E-state index is 11.8. The molecule has 0 atom stereocenters. The number of aromatic nitrogens is 4. The third-order valence-corrected chi connectivity index (χ3v) is 2.98. The standard InChI is InChI=1S/C11H16N4O3/c1-3-4-5-15-9-8(10(17)13-11(15)18)14(2)7(6-16)12-9/h16H,3-6H2,1-2H3,(H,13,17,18). The lowest BCUT2D eigenvalue weighted by Crippen LogP contribution is -2.31. The fourth-order valence-corrected chi connectivity index (χ4v) is 1.96. The van der Waals surface area contributed by atoms with E-state index in [4.69, 9.17) is 5.11 Å². The van der Waals surface area contributed by atoms with Crippen molar-refractivity contribution in [3.63, 3.8) is 0 Å². The van der Waals surface area contributed by atoms with E-state index < -0.39 is 11.2 Å². The van der Waals surface area contributed by atoms with Crippen molar-refractivity contribution in [3.8, 4) is 0 Å². The zero-order valence-electron chi connectivity index (χ0n) is 10.4. The average molecular weight is 252 g/mol. The summed E-state index contributed by atoms with van der Waals surface area (Å²) in [6, 6.07) is 0. The van der Waals surface area contributed by atoms with E-state index in [1.54, 1.807) is 7.05 Å². The number of aromatic amines is 1. The Labute approximate surface area is 103 Å². The normalized spacial score (nSPS) is 11.3. The fourth-order valence-electron chi connectivity index (χ4n) is 1.96. The van der Waals surface area contributed by atoms with Gasteiger partial charge in [0.1, 0.15) is 12.4 Å². The van der Waals surface area contributed by atoms with Crippen LogP contribution in [-0.2, 0) is 20.2 Å². The van der Waals surface area contributed by atoms with E-state index >= 15 is 0 Å². The van der Waals surface area contributed by atoms with Gasteiger partial charge in [0.05, 0.1) is 0 Å². The van der Waals surface area contributed by atoms with Crippen LogP contribution in [0.25, 0.3) is 11.2 Å². The molecule has 0 aliphatic rings. The summed E-state index contributed by atoms with van der Waals surface area (Å²) in [4.78, 5) is 30.0. The SMILES string of the molecule is CCCCn1c(=O)[nH]c(=O)c2c1nc(CO)n2C. The molecule has 0 saturated heterocycles. The molecule has 7 heteroatoms. The second-order valence-corrected chi connectivity index (χ2v) is 4.18. The Morgan fingerprint density at radius 1 is 1.39 bits per heavy atom. The van der Waals surface area contributed by atoms with Gasteiger partial charge in [0, 0.05) is 13.6 Å². The third kappa shape index (κ3) is 1.86. The highest BCUT2D eigenvalue weighted by Gasteiger charge is 2.15. The van der Waals surface area contributed by atoms with Gasteiger partial charge in [-0.3, -0.25) is 14.3 Å². The third-order valence-electron chi connectivity index (χ3n) is 2.98. The number of aliphatic hydroxyl groups is 1. The minimum atomic E-state index is -0.475. The van der Waals surface area contributed by atoms with Gasteiger partial charge >= 0.3 is 5.69 Å². The minimum Gasteiger partial charge on any atom is -0.388 e. The van der Waals surface area contributed by atoms with Crippen LogP contribution < -0.4 is 11.2 Å². The Morgan fingerprint density at radius 3 is 2.72 bits per heavy atom. The van der Waals surface area contributed by atoms with E-state index in [1.165, 1.54) is 9.13 Å². The van der Waals surface area contributed by atoms with Crippen LogP contribution in [0, 0.1) is 0 Å². The van der Waals surface area contributed by atoms with Crippen molar-refractivity contribution in [2.75, 3.05) is 0 Å². The number of nitrogens with one attached hydrogen (secondary N) is 1. The van der Waals surface area contributed by atoms with Crippen LogP contribution in [0.2, 0.25) is 0 Å². The number of nitrogens with zero attached hydrogens (tertiary/aromatic N) is 3. The average Bonchev–Trinajstić information content (AvgIpc) is 2.66. The van der Waals surface area contributed by atoms with Crippen molar-refractivity contribution in [2.45, 2.75) is 32.9 Å². The van der Waals surface area contributed by atoms with Gasteiger partial charge in [-0.15, -0.1) is 0 Å². The number of aliphatic hydroxyl groups excluding tert-OH is 1. The van der Waals surface area contributed by atoms with Gasteiger partial charge in [-0.2, -0.15) is 0 Å². The summed E-state index contributed by atoms with van der Waals surface area (Å²) in [6.45, 7) is 2.25. The first-order valence-corrected chi connectivity index (χ1v) is 5.89. The summed E-state index contributed by atoms with van der Waals surface area (Å²) in [7, 11) is 1.64. The summed E-state index contributed by atoms with van der Waals surface area (Å²) < 4.78 is 2.95. The topological polar surface area (TPSA) is 92.9 Å². The number of imidazole rings is 1. The van der Waals surface area contributed by atoms with Gasteiger partial charge in [-0.1, -0.05) is 13.3 Å². The Morgan fingerprint density at radius 2 is 2.11 bits per heavy atom. The molecule has 0 fully saturated rings. The Bertz CT molecular complexity index is 680. The van der Waals surface area contributed by atoms with Crippen molar-refractivity contribution >= 4 is 11.2 Å². The second kappa shape index (κ2) is 4.77. The number of rotatable bonds is 4. The monoisotopic (exact) mass is 252 g/mol. The summed E-state index contributed by atoms with van der Waals surface area (Å²) in [5, 5.41) is 9.16. The van der Waals surface area contributed by atoms with Crippen LogP contribution in [0.4, 0.5) is 0 Å². The lowest BCUT2D eigenvalue weighted by atomic mass is 10.3. The van der Waals surface area contributed by atoms with E-state index in [9.17, 15) is 9.59 Å². The predicted molar refractivity (Wildman–Crippen MR) is 66.4 cm³/mol. The molecular formula is C11H16N4O3. The molecule has 0 radical (unpaired) electrons. The van der Waals surface area contributed by atoms with Crippen LogP contribution in [0.5, 0.6) is 0 Å². The number of hydrogen-bond donors (Lipinski definition) is 2. The highest BCUT2D eigenvalue weighted by molar-refractivity contribution is 5.70. The molecule has 2 rings (SSSR count). The van der Waals surface area contributed by atoms with Crippen LogP contribution in [-0.4, -0.2) is 24.2 Å². The summed E-state index contributed by atoms with van der Waals surface area (Å²) in [6.07, 6.45) is 1.76. The van der Waals surface area contributed by atoms with E-state index in [0.717, 1.165) is 12.8 Å². The quantitative estimate of drug-likeness (QED) is 0.782. The van der Waals surface area contributed by atoms with Gasteiger partial charge in [-0.05, 0) is 6.42 Å². The molecule has 7 nitrogen and oxygen atoms in total. The molecule has 0 bridgehead atoms. The van der Waals surface area contributed by atoms with E-state index in [2.05, 4.69) is 9.97 Å². The van der Waals surface area contributed by atoms with Crippen molar-refractivity contribution in [3.05, 3.63) is 26.7 Å². The molecule has 0 spiro atoms. The Kier molecular flexibility index (Phi) is 3.33. The molecule has 0 saturated carbocycles. The predicted octanol–water partition coefficient (Wildman–Crippen LogP) is -0.284. The first-order chi connectivity index (χ1) is 8.60. The molecule has 2 heterocycles. The van der Waals surface area contributed by atoms with Gasteiger partial charge in [0.2, 0.25) is 0 Å². The number of hydrogen-bond acceptors (Lipinski definition) is 4. The fraction of sp³-hybridized carbons (Fsp3) is 0.545. The summed E-state index contributed by atoms with van der Waals surface area (Å²) >= 11 is 0. The van der Waals surface area contributed by atoms with Crippen molar-refractivity contribution < 1.29 is 5.11 Å². The van der Waals surface area contributed by atoms with Gasteiger partial charge < -0.3 is 9.67 Å². The first-order valence-electron chi connectivity index (χ1n) is 5.89. The van der Waals surface area contributed by atoms with Gasteiger partial charge in [0.15, 0.2) is 11.2 Å². The smallest absolute Gasteiger partial charge is 0.330 e. The van der Waals surface area contributed by atoms with Gasteiger partial charge in [-0.25, -0.2) is 9.78 Å². The van der Waals surface area contributed by atoms with Crippen LogP contribution in [0.3, 0.4) is 0 Å². The zero-order chi connectivity index (χ0) is 13.3. The van der Waals surface area contributed by atoms with Crippen LogP contribution in [0.1, 0.15) is 25.6 Å². The molecule has 2 aromatic rings. The molecule has 98 valence electrons. The number of aryl methyl sites for hydroxylation is 2. The summed E-state index contributed by atoms with van der Waals surface area (Å²) in [5.74, 6) is 0.367. The maximum Gasteiger partial charge on any atom is 0.330 e. The van der Waals surface area contributed by atoms with E-state index in [1.807, 2.05) is 6.92 Å². The van der Waals surface area contributed by atoms with Crippen LogP contribution in [0.15, 0.2) is 9.59 Å². The molecule has 0 unspecified atom stereocenters. The lowest BCUT2D eigenvalue weighted by Gasteiger charge is -2.04. The molecule has 2 aromatic heterocycles. The first kappa shape index (κ1) is 12.6. The number of H-pyrrole nitrogens is 1. The second-order valence-electron chi connectivity index (χ2n) is 4.18. The van der Waals surface area contributed by atoms with E-state index in [0.29, 0.717) is 23.5 Å². The van der Waals surface area contributed by atoms with Crippen molar-refractivity contribution in [1.29, 1.82) is 0 Å². The lowest BCUT2D eigenvalue weighted by molar-refractivity contribution is 0.268. The number of unbranched alkanes of at least 4 members (excludes halogenated alkanes) is 1. The Hall–Kier alpha value is -1.89. The highest BCUT2D eigenvalue weighted by Crippen LogP contribution is 2.09. The van der Waals surface area contributed by atoms with E-state index in [-0.39, 0.29) is 6.61 Å². The zero-order valence-corrected chi connectivity index (χ0v) is 10.4. The van der Waals surface area contributed by atoms with Crippen molar-refractivity contribution in [2.24, 2.45) is 7.05 Å². The molecule has 0 aliphatic carbocycles. The molecule has 0 aromatic carbocycles. The highest BCUT2D eigenvalue weighted by atomic mass is 16.3.